The molecule has 2 rings (SSSR count). The molecule has 0 saturated carbocycles. The van der Waals surface area contributed by atoms with E-state index in [4.69, 9.17) is 5.26 Å². The topological polar surface area (TPSA) is 73.2 Å². The summed E-state index contributed by atoms with van der Waals surface area (Å²) >= 11 is 0. The largest absolute Gasteiger partial charge is 0.311 e. The molecule has 1 saturated heterocycles. The first-order valence-electron chi connectivity index (χ1n) is 7.28. The Kier molecular flexibility index (Phi) is 4.99. The monoisotopic (exact) mass is 307 g/mol. The Balaban J connectivity index is 2.43. The number of benzene rings is 1. The molecule has 0 aliphatic carbocycles. The SMILES string of the molecule is CCC1CN(S(=O)(=O)c2ccccc2C#N)C(CC)CN1. The highest BCUT2D eigenvalue weighted by Gasteiger charge is 2.36. The summed E-state index contributed by atoms with van der Waals surface area (Å²) in [6.07, 6.45) is 1.62. The Labute approximate surface area is 126 Å². The standard InChI is InChI=1S/C15H21N3O2S/c1-3-13-11-18(14(4-2)10-17-13)21(19,20)15-8-6-5-7-12(15)9-16/h5-8,13-14,17H,3-4,10-11H2,1-2H3. The van der Waals surface area contributed by atoms with E-state index in [1.54, 1.807) is 22.5 Å². The van der Waals surface area contributed by atoms with Crippen molar-refractivity contribution in [2.75, 3.05) is 13.1 Å². The Hall–Kier alpha value is -1.42. The van der Waals surface area contributed by atoms with Crippen LogP contribution in [0, 0.1) is 11.3 Å². The zero-order chi connectivity index (χ0) is 15.5. The van der Waals surface area contributed by atoms with Crippen LogP contribution in [0.15, 0.2) is 29.2 Å². The maximum atomic E-state index is 12.9. The minimum absolute atomic E-state index is 0.0652. The molecule has 114 valence electrons. The van der Waals surface area contributed by atoms with E-state index in [-0.39, 0.29) is 22.5 Å². The van der Waals surface area contributed by atoms with Gasteiger partial charge in [-0.1, -0.05) is 26.0 Å². The van der Waals surface area contributed by atoms with Crippen molar-refractivity contribution in [1.29, 1.82) is 5.26 Å². The number of nitrogens with zero attached hydrogens (tertiary/aromatic N) is 2. The molecule has 0 aromatic heterocycles. The molecule has 0 spiro atoms. The number of hydrogen-bond acceptors (Lipinski definition) is 4. The smallest absolute Gasteiger partial charge is 0.244 e. The van der Waals surface area contributed by atoms with E-state index in [0.29, 0.717) is 13.1 Å². The summed E-state index contributed by atoms with van der Waals surface area (Å²) in [4.78, 5) is 0.114. The van der Waals surface area contributed by atoms with Gasteiger partial charge in [0.05, 0.1) is 10.5 Å². The first-order chi connectivity index (χ1) is 10.0. The van der Waals surface area contributed by atoms with Gasteiger partial charge in [-0.15, -0.1) is 0 Å². The summed E-state index contributed by atoms with van der Waals surface area (Å²) in [5.74, 6) is 0. The summed E-state index contributed by atoms with van der Waals surface area (Å²) in [5.41, 5.74) is 0.207. The van der Waals surface area contributed by atoms with Crippen molar-refractivity contribution in [3.63, 3.8) is 0 Å². The van der Waals surface area contributed by atoms with Crippen LogP contribution in [-0.2, 0) is 10.0 Å². The van der Waals surface area contributed by atoms with E-state index in [1.165, 1.54) is 6.07 Å². The number of rotatable bonds is 4. The maximum Gasteiger partial charge on any atom is 0.244 e. The van der Waals surface area contributed by atoms with Crippen molar-refractivity contribution in [3.8, 4) is 6.07 Å². The van der Waals surface area contributed by atoms with Crippen molar-refractivity contribution < 1.29 is 8.42 Å². The van der Waals surface area contributed by atoms with Crippen LogP contribution in [0.4, 0.5) is 0 Å². The predicted molar refractivity (Wildman–Crippen MR) is 81.2 cm³/mol. The van der Waals surface area contributed by atoms with Crippen LogP contribution < -0.4 is 5.32 Å². The summed E-state index contributed by atoms with van der Waals surface area (Å²) in [7, 11) is -3.64. The second-order valence-electron chi connectivity index (χ2n) is 5.26. The second-order valence-corrected chi connectivity index (χ2v) is 7.12. The van der Waals surface area contributed by atoms with Crippen LogP contribution in [0.25, 0.3) is 0 Å². The first kappa shape index (κ1) is 16.0. The molecule has 6 heteroatoms. The summed E-state index contributed by atoms with van der Waals surface area (Å²) in [6.45, 7) is 5.13. The fraction of sp³-hybridized carbons (Fsp3) is 0.533. The van der Waals surface area contributed by atoms with Crippen LogP contribution >= 0.6 is 0 Å². The lowest BCUT2D eigenvalue weighted by Crippen LogP contribution is -2.57. The van der Waals surface area contributed by atoms with E-state index in [2.05, 4.69) is 5.32 Å². The lowest BCUT2D eigenvalue weighted by atomic mass is 10.1. The Morgan fingerprint density at radius 1 is 1.33 bits per heavy atom. The van der Waals surface area contributed by atoms with Crippen LogP contribution in [0.1, 0.15) is 32.3 Å². The molecule has 1 aromatic rings. The molecule has 0 bridgehead atoms. The molecular weight excluding hydrogens is 286 g/mol. The van der Waals surface area contributed by atoms with Gasteiger partial charge in [-0.2, -0.15) is 9.57 Å². The molecule has 0 radical (unpaired) electrons. The average molecular weight is 307 g/mol. The number of nitrogens with one attached hydrogen (secondary N) is 1. The van der Waals surface area contributed by atoms with Crippen molar-refractivity contribution in [3.05, 3.63) is 29.8 Å². The second kappa shape index (κ2) is 6.56. The normalized spacial score (nSPS) is 23.7. The van der Waals surface area contributed by atoms with Gasteiger partial charge in [-0.25, -0.2) is 8.42 Å². The lowest BCUT2D eigenvalue weighted by Gasteiger charge is -2.39. The zero-order valence-electron chi connectivity index (χ0n) is 12.4. The van der Waals surface area contributed by atoms with Crippen LogP contribution in [0.2, 0.25) is 0 Å². The van der Waals surface area contributed by atoms with E-state index in [0.717, 1.165) is 12.8 Å². The van der Waals surface area contributed by atoms with Crippen molar-refractivity contribution >= 4 is 10.0 Å². The van der Waals surface area contributed by atoms with Crippen molar-refractivity contribution in [2.24, 2.45) is 0 Å². The van der Waals surface area contributed by atoms with Crippen LogP contribution in [0.5, 0.6) is 0 Å². The average Bonchev–Trinajstić information content (AvgIpc) is 2.54. The van der Waals surface area contributed by atoms with Crippen molar-refractivity contribution in [2.45, 2.75) is 43.7 Å². The fourth-order valence-electron chi connectivity index (χ4n) is 2.66. The summed E-state index contributed by atoms with van der Waals surface area (Å²) < 4.78 is 27.5. The van der Waals surface area contributed by atoms with E-state index < -0.39 is 10.0 Å². The highest BCUT2D eigenvalue weighted by Crippen LogP contribution is 2.25. The molecular formula is C15H21N3O2S. The predicted octanol–water partition coefficient (Wildman–Crippen LogP) is 1.71. The van der Waals surface area contributed by atoms with Crippen LogP contribution in [-0.4, -0.2) is 37.9 Å². The molecule has 1 aromatic carbocycles. The van der Waals surface area contributed by atoms with Gasteiger partial charge < -0.3 is 5.32 Å². The highest BCUT2D eigenvalue weighted by molar-refractivity contribution is 7.89. The molecule has 1 heterocycles. The Morgan fingerprint density at radius 2 is 2.05 bits per heavy atom. The van der Waals surface area contributed by atoms with Gasteiger partial charge in [-0.3, -0.25) is 0 Å². The quantitative estimate of drug-likeness (QED) is 0.919. The minimum Gasteiger partial charge on any atom is -0.311 e. The summed E-state index contributed by atoms with van der Waals surface area (Å²) in [5, 5.41) is 12.5. The molecule has 1 aliphatic rings. The zero-order valence-corrected chi connectivity index (χ0v) is 13.2. The Bertz CT molecular complexity index is 637. The first-order valence-corrected chi connectivity index (χ1v) is 8.72. The number of hydrogen-bond donors (Lipinski definition) is 1. The molecule has 1 N–H and O–H groups in total. The third-order valence-electron chi connectivity index (χ3n) is 4.01. The molecule has 2 unspecified atom stereocenters. The minimum atomic E-state index is -3.64. The van der Waals surface area contributed by atoms with Gasteiger partial charge in [-0.05, 0) is 25.0 Å². The van der Waals surface area contributed by atoms with Gasteiger partial charge >= 0.3 is 0 Å². The van der Waals surface area contributed by atoms with Gasteiger partial charge in [0.15, 0.2) is 0 Å². The lowest BCUT2D eigenvalue weighted by molar-refractivity contribution is 0.215. The van der Waals surface area contributed by atoms with Gasteiger partial charge in [0.2, 0.25) is 10.0 Å². The third kappa shape index (κ3) is 3.10. The van der Waals surface area contributed by atoms with Gasteiger partial charge in [0.1, 0.15) is 6.07 Å². The number of sulfonamides is 1. The molecule has 21 heavy (non-hydrogen) atoms. The van der Waals surface area contributed by atoms with E-state index >= 15 is 0 Å². The number of nitriles is 1. The third-order valence-corrected chi connectivity index (χ3v) is 5.98. The molecule has 0 amide bonds. The number of piperazine rings is 1. The molecule has 5 nitrogen and oxygen atoms in total. The molecule has 1 aliphatic heterocycles. The molecule has 2 atom stereocenters. The summed E-state index contributed by atoms with van der Waals surface area (Å²) in [6, 6.07) is 8.49. The highest BCUT2D eigenvalue weighted by atomic mass is 32.2. The maximum absolute atomic E-state index is 12.9. The van der Waals surface area contributed by atoms with Gasteiger partial charge in [0.25, 0.3) is 0 Å². The van der Waals surface area contributed by atoms with E-state index in [1.807, 2.05) is 19.9 Å². The fourth-order valence-corrected chi connectivity index (χ4v) is 4.55. The van der Waals surface area contributed by atoms with Crippen LogP contribution in [0.3, 0.4) is 0 Å². The molecule has 1 fully saturated rings. The van der Waals surface area contributed by atoms with E-state index in [9.17, 15) is 8.42 Å². The van der Waals surface area contributed by atoms with Gasteiger partial charge in [0, 0.05) is 25.2 Å². The Morgan fingerprint density at radius 3 is 2.67 bits per heavy atom. The van der Waals surface area contributed by atoms with Crippen molar-refractivity contribution in [1.82, 2.24) is 9.62 Å².